The highest BCUT2D eigenvalue weighted by Gasteiger charge is 2.26. The normalized spacial score (nSPS) is 10.9. The van der Waals surface area contributed by atoms with Crippen LogP contribution in [0.15, 0.2) is 12.3 Å². The number of nitrogens with two attached hydrogens (primary N) is 1. The molecule has 0 fully saturated rings. The van der Waals surface area contributed by atoms with Gasteiger partial charge in [0.05, 0.1) is 16.7 Å². The Balaban J connectivity index is 2.79. The van der Waals surface area contributed by atoms with Crippen molar-refractivity contribution in [1.29, 1.82) is 0 Å². The van der Waals surface area contributed by atoms with E-state index in [4.69, 9.17) is 10.8 Å². The summed E-state index contributed by atoms with van der Waals surface area (Å²) in [6, 6.07) is 1.32. The number of carbonyl (C=O) groups is 2. The number of aromatic carboxylic acids is 1. The Labute approximate surface area is 111 Å². The molecule has 0 aliphatic heterocycles. The van der Waals surface area contributed by atoms with Crippen LogP contribution in [-0.2, 0) is 4.79 Å². The van der Waals surface area contributed by atoms with Crippen molar-refractivity contribution in [2.45, 2.75) is 13.8 Å². The SMILES string of the molecule is CNC(=O)C(C)(C)CNc1ncc(C(=O)O)cc1N. The van der Waals surface area contributed by atoms with Gasteiger partial charge < -0.3 is 21.5 Å². The number of amides is 1. The number of carboxylic acids is 1. The van der Waals surface area contributed by atoms with Gasteiger partial charge in [0.1, 0.15) is 5.82 Å². The van der Waals surface area contributed by atoms with E-state index in [0.717, 1.165) is 0 Å². The third-order valence-electron chi connectivity index (χ3n) is 2.70. The monoisotopic (exact) mass is 266 g/mol. The second-order valence-corrected chi connectivity index (χ2v) is 4.78. The summed E-state index contributed by atoms with van der Waals surface area (Å²) in [7, 11) is 1.57. The van der Waals surface area contributed by atoms with E-state index in [-0.39, 0.29) is 17.2 Å². The second kappa shape index (κ2) is 5.55. The fourth-order valence-corrected chi connectivity index (χ4v) is 1.47. The zero-order chi connectivity index (χ0) is 14.6. The summed E-state index contributed by atoms with van der Waals surface area (Å²) in [5.74, 6) is -0.834. The maximum Gasteiger partial charge on any atom is 0.337 e. The number of anilines is 2. The van der Waals surface area contributed by atoms with Gasteiger partial charge in [0.25, 0.3) is 0 Å². The number of carbonyl (C=O) groups excluding carboxylic acids is 1. The molecule has 0 unspecified atom stereocenters. The average molecular weight is 266 g/mol. The fraction of sp³-hybridized carbons (Fsp3) is 0.417. The van der Waals surface area contributed by atoms with Crippen molar-refractivity contribution >= 4 is 23.4 Å². The molecule has 5 N–H and O–H groups in total. The standard InChI is InChI=1S/C12H18N4O3/c1-12(2,11(19)14-3)6-16-9-8(13)4-7(5-15-9)10(17)18/h4-5H,6,13H2,1-3H3,(H,14,19)(H,15,16)(H,17,18). The zero-order valence-corrected chi connectivity index (χ0v) is 11.2. The van der Waals surface area contributed by atoms with Crippen LogP contribution in [0.1, 0.15) is 24.2 Å². The van der Waals surface area contributed by atoms with Crippen molar-refractivity contribution in [2.75, 3.05) is 24.6 Å². The Morgan fingerprint density at radius 1 is 1.47 bits per heavy atom. The van der Waals surface area contributed by atoms with Crippen LogP contribution in [0, 0.1) is 5.41 Å². The lowest BCUT2D eigenvalue weighted by molar-refractivity contribution is -0.128. The smallest absolute Gasteiger partial charge is 0.337 e. The molecule has 1 aromatic heterocycles. The summed E-state index contributed by atoms with van der Waals surface area (Å²) in [6.07, 6.45) is 1.22. The molecule has 1 aromatic rings. The summed E-state index contributed by atoms with van der Waals surface area (Å²) >= 11 is 0. The molecule has 7 heteroatoms. The van der Waals surface area contributed by atoms with Crippen molar-refractivity contribution < 1.29 is 14.7 Å². The van der Waals surface area contributed by atoms with Crippen LogP contribution in [0.5, 0.6) is 0 Å². The number of carboxylic acid groups (broad SMARTS) is 1. The van der Waals surface area contributed by atoms with Crippen LogP contribution in [-0.4, -0.2) is 35.6 Å². The maximum atomic E-state index is 11.6. The number of aromatic nitrogens is 1. The van der Waals surface area contributed by atoms with Crippen molar-refractivity contribution in [3.8, 4) is 0 Å². The van der Waals surface area contributed by atoms with Crippen molar-refractivity contribution in [3.63, 3.8) is 0 Å². The van der Waals surface area contributed by atoms with Crippen molar-refractivity contribution in [2.24, 2.45) is 5.41 Å². The van der Waals surface area contributed by atoms with Gasteiger partial charge in [0, 0.05) is 19.8 Å². The van der Waals surface area contributed by atoms with E-state index in [9.17, 15) is 9.59 Å². The molecular formula is C12H18N4O3. The molecule has 7 nitrogen and oxygen atoms in total. The van der Waals surface area contributed by atoms with Crippen LogP contribution in [0.2, 0.25) is 0 Å². The molecule has 104 valence electrons. The average Bonchev–Trinajstić information content (AvgIpc) is 2.36. The molecule has 19 heavy (non-hydrogen) atoms. The number of rotatable bonds is 5. The maximum absolute atomic E-state index is 11.6. The summed E-state index contributed by atoms with van der Waals surface area (Å²) in [4.78, 5) is 26.3. The van der Waals surface area contributed by atoms with Gasteiger partial charge in [-0.2, -0.15) is 0 Å². The van der Waals surface area contributed by atoms with E-state index < -0.39 is 11.4 Å². The van der Waals surface area contributed by atoms with Crippen LogP contribution < -0.4 is 16.4 Å². The van der Waals surface area contributed by atoms with Gasteiger partial charge in [-0.25, -0.2) is 9.78 Å². The molecule has 0 aliphatic rings. The molecule has 0 saturated heterocycles. The number of pyridine rings is 1. The molecule has 0 aliphatic carbocycles. The third kappa shape index (κ3) is 3.57. The lowest BCUT2D eigenvalue weighted by Crippen LogP contribution is -2.39. The van der Waals surface area contributed by atoms with E-state index in [1.807, 2.05) is 0 Å². The molecular weight excluding hydrogens is 248 g/mol. The Kier molecular flexibility index (Phi) is 4.31. The second-order valence-electron chi connectivity index (χ2n) is 4.78. The first-order valence-corrected chi connectivity index (χ1v) is 5.73. The van der Waals surface area contributed by atoms with E-state index in [1.165, 1.54) is 12.3 Å². The van der Waals surface area contributed by atoms with Gasteiger partial charge >= 0.3 is 5.97 Å². The number of hydrogen-bond donors (Lipinski definition) is 4. The molecule has 1 amide bonds. The van der Waals surface area contributed by atoms with Gasteiger partial charge in [-0.1, -0.05) is 0 Å². The molecule has 0 saturated carbocycles. The third-order valence-corrected chi connectivity index (χ3v) is 2.70. The first-order valence-electron chi connectivity index (χ1n) is 5.73. The molecule has 0 spiro atoms. The van der Waals surface area contributed by atoms with Gasteiger partial charge in [-0.05, 0) is 19.9 Å². The van der Waals surface area contributed by atoms with Crippen LogP contribution in [0.3, 0.4) is 0 Å². The Bertz CT molecular complexity index is 500. The van der Waals surface area contributed by atoms with E-state index in [1.54, 1.807) is 20.9 Å². The largest absolute Gasteiger partial charge is 0.478 e. The zero-order valence-electron chi connectivity index (χ0n) is 11.2. The minimum atomic E-state index is -1.09. The fourth-order valence-electron chi connectivity index (χ4n) is 1.47. The number of nitrogen functional groups attached to an aromatic ring is 1. The van der Waals surface area contributed by atoms with Crippen molar-refractivity contribution in [3.05, 3.63) is 17.8 Å². The van der Waals surface area contributed by atoms with E-state index in [0.29, 0.717) is 12.4 Å². The summed E-state index contributed by atoms with van der Waals surface area (Å²) < 4.78 is 0. The summed E-state index contributed by atoms with van der Waals surface area (Å²) in [5, 5.41) is 14.3. The first kappa shape index (κ1) is 14.7. The van der Waals surface area contributed by atoms with Crippen LogP contribution in [0.4, 0.5) is 11.5 Å². The minimum Gasteiger partial charge on any atom is -0.478 e. The molecule has 0 radical (unpaired) electrons. The van der Waals surface area contributed by atoms with Gasteiger partial charge in [-0.3, -0.25) is 4.79 Å². The Morgan fingerprint density at radius 2 is 2.11 bits per heavy atom. The quantitative estimate of drug-likeness (QED) is 0.618. The Hall–Kier alpha value is -2.31. The molecule has 0 aromatic carbocycles. The predicted octanol–water partition coefficient (Wildman–Crippen LogP) is 0.546. The topological polar surface area (TPSA) is 117 Å². The molecule has 0 atom stereocenters. The van der Waals surface area contributed by atoms with E-state index >= 15 is 0 Å². The highest BCUT2D eigenvalue weighted by Crippen LogP contribution is 2.20. The molecule has 1 heterocycles. The highest BCUT2D eigenvalue weighted by atomic mass is 16.4. The lowest BCUT2D eigenvalue weighted by atomic mass is 9.92. The van der Waals surface area contributed by atoms with E-state index in [2.05, 4.69) is 15.6 Å². The summed E-state index contributed by atoms with van der Waals surface area (Å²) in [6.45, 7) is 3.89. The number of hydrogen-bond acceptors (Lipinski definition) is 5. The van der Waals surface area contributed by atoms with Crippen molar-refractivity contribution in [1.82, 2.24) is 10.3 Å². The predicted molar refractivity (Wildman–Crippen MR) is 71.9 cm³/mol. The number of nitrogens with zero attached hydrogens (tertiary/aromatic N) is 1. The molecule has 0 bridgehead atoms. The van der Waals surface area contributed by atoms with Crippen LogP contribution in [0.25, 0.3) is 0 Å². The van der Waals surface area contributed by atoms with Gasteiger partial charge in [0.2, 0.25) is 5.91 Å². The minimum absolute atomic E-state index is 0.0219. The van der Waals surface area contributed by atoms with Gasteiger partial charge in [0.15, 0.2) is 0 Å². The van der Waals surface area contributed by atoms with Crippen LogP contribution >= 0.6 is 0 Å². The lowest BCUT2D eigenvalue weighted by Gasteiger charge is -2.23. The summed E-state index contributed by atoms with van der Waals surface area (Å²) in [5.41, 5.74) is 5.33. The Morgan fingerprint density at radius 3 is 2.58 bits per heavy atom. The highest BCUT2D eigenvalue weighted by molar-refractivity contribution is 5.89. The van der Waals surface area contributed by atoms with Gasteiger partial charge in [-0.15, -0.1) is 0 Å². The number of nitrogens with one attached hydrogen (secondary N) is 2. The molecule has 1 rings (SSSR count). The first-order chi connectivity index (χ1) is 8.77.